The average molecular weight is 249 g/mol. The largest absolute Gasteiger partial charge is 0.481 e. The fourth-order valence-corrected chi connectivity index (χ4v) is 1.67. The van der Waals surface area contributed by atoms with Gasteiger partial charge in [0.2, 0.25) is 0 Å². The quantitative estimate of drug-likeness (QED) is 0.798. The summed E-state index contributed by atoms with van der Waals surface area (Å²) < 4.78 is 5.56. The first-order valence-corrected chi connectivity index (χ1v) is 6.36. The standard InChI is InChI=1S/C14H19NO3/c1-10(14(17)15-12-4-5-12)18-13-6-2-11(3-7-13)8-9-16/h2-3,6-7,10,12,16H,4-5,8-9H2,1H3,(H,15,17). The summed E-state index contributed by atoms with van der Waals surface area (Å²) >= 11 is 0. The summed E-state index contributed by atoms with van der Waals surface area (Å²) in [6.07, 6.45) is 2.31. The molecule has 1 amide bonds. The molecule has 0 radical (unpaired) electrons. The summed E-state index contributed by atoms with van der Waals surface area (Å²) in [4.78, 5) is 11.7. The van der Waals surface area contributed by atoms with Crippen molar-refractivity contribution >= 4 is 5.91 Å². The Bertz CT molecular complexity index is 398. The van der Waals surface area contributed by atoms with Crippen LogP contribution in [0.3, 0.4) is 0 Å². The maximum absolute atomic E-state index is 11.7. The number of carbonyl (C=O) groups excluding carboxylic acids is 1. The molecule has 1 fully saturated rings. The number of nitrogens with one attached hydrogen (secondary N) is 1. The maximum Gasteiger partial charge on any atom is 0.260 e. The number of hydrogen-bond acceptors (Lipinski definition) is 3. The lowest BCUT2D eigenvalue weighted by Gasteiger charge is -2.14. The first kappa shape index (κ1) is 12.9. The summed E-state index contributed by atoms with van der Waals surface area (Å²) in [5.74, 6) is 0.618. The van der Waals surface area contributed by atoms with Gasteiger partial charge in [0.25, 0.3) is 5.91 Å². The van der Waals surface area contributed by atoms with Gasteiger partial charge in [0.05, 0.1) is 0 Å². The number of benzene rings is 1. The van der Waals surface area contributed by atoms with Crippen molar-refractivity contribution in [2.75, 3.05) is 6.61 Å². The van der Waals surface area contributed by atoms with Gasteiger partial charge in [-0.25, -0.2) is 0 Å². The van der Waals surface area contributed by atoms with Crippen LogP contribution in [0.15, 0.2) is 24.3 Å². The Morgan fingerprint density at radius 1 is 1.44 bits per heavy atom. The molecule has 4 nitrogen and oxygen atoms in total. The zero-order valence-corrected chi connectivity index (χ0v) is 10.6. The van der Waals surface area contributed by atoms with Gasteiger partial charge in [-0.3, -0.25) is 4.79 Å². The summed E-state index contributed by atoms with van der Waals surface area (Å²) in [6, 6.07) is 7.81. The average Bonchev–Trinajstić information content (AvgIpc) is 3.16. The molecule has 2 rings (SSSR count). The minimum absolute atomic E-state index is 0.0584. The van der Waals surface area contributed by atoms with Crippen LogP contribution in [0.4, 0.5) is 0 Å². The molecule has 1 saturated carbocycles. The van der Waals surface area contributed by atoms with Crippen LogP contribution in [0.1, 0.15) is 25.3 Å². The van der Waals surface area contributed by atoms with E-state index in [2.05, 4.69) is 5.32 Å². The molecule has 0 saturated heterocycles. The van der Waals surface area contributed by atoms with Crippen LogP contribution in [0.25, 0.3) is 0 Å². The van der Waals surface area contributed by atoms with Gasteiger partial charge in [0, 0.05) is 12.6 Å². The third-order valence-electron chi connectivity index (χ3n) is 2.93. The Labute approximate surface area is 107 Å². The fourth-order valence-electron chi connectivity index (χ4n) is 1.67. The molecule has 1 aromatic rings. The van der Waals surface area contributed by atoms with E-state index in [1.54, 1.807) is 6.92 Å². The molecule has 1 aliphatic rings. The molecular weight excluding hydrogens is 230 g/mol. The molecule has 1 aromatic carbocycles. The number of carbonyl (C=O) groups is 1. The van der Waals surface area contributed by atoms with Crippen LogP contribution >= 0.6 is 0 Å². The Morgan fingerprint density at radius 2 is 2.11 bits per heavy atom. The molecule has 98 valence electrons. The van der Waals surface area contributed by atoms with Crippen molar-refractivity contribution in [3.8, 4) is 5.75 Å². The highest BCUT2D eigenvalue weighted by atomic mass is 16.5. The highest BCUT2D eigenvalue weighted by molar-refractivity contribution is 5.81. The molecule has 1 atom stereocenters. The first-order chi connectivity index (χ1) is 8.69. The van der Waals surface area contributed by atoms with Crippen LogP contribution in [0.5, 0.6) is 5.75 Å². The smallest absolute Gasteiger partial charge is 0.260 e. The van der Waals surface area contributed by atoms with E-state index in [0.717, 1.165) is 18.4 Å². The van der Waals surface area contributed by atoms with E-state index in [9.17, 15) is 4.79 Å². The van der Waals surface area contributed by atoms with Crippen molar-refractivity contribution in [3.63, 3.8) is 0 Å². The second-order valence-corrected chi connectivity index (χ2v) is 4.66. The molecule has 0 heterocycles. The lowest BCUT2D eigenvalue weighted by molar-refractivity contribution is -0.127. The van der Waals surface area contributed by atoms with Crippen LogP contribution < -0.4 is 10.1 Å². The summed E-state index contributed by atoms with van der Waals surface area (Å²) in [5.41, 5.74) is 1.06. The summed E-state index contributed by atoms with van der Waals surface area (Å²) in [5, 5.41) is 11.7. The number of hydrogen-bond donors (Lipinski definition) is 2. The van der Waals surface area contributed by atoms with Crippen LogP contribution in [-0.2, 0) is 11.2 Å². The predicted octanol–water partition coefficient (Wildman–Crippen LogP) is 1.27. The third kappa shape index (κ3) is 3.74. The molecular formula is C14H19NO3. The Hall–Kier alpha value is -1.55. The molecule has 18 heavy (non-hydrogen) atoms. The maximum atomic E-state index is 11.7. The van der Waals surface area contributed by atoms with Gasteiger partial charge < -0.3 is 15.2 Å². The van der Waals surface area contributed by atoms with Gasteiger partial charge in [-0.15, -0.1) is 0 Å². The zero-order chi connectivity index (χ0) is 13.0. The van der Waals surface area contributed by atoms with Crippen molar-refractivity contribution in [2.45, 2.75) is 38.3 Å². The van der Waals surface area contributed by atoms with Gasteiger partial charge >= 0.3 is 0 Å². The van der Waals surface area contributed by atoms with E-state index in [0.29, 0.717) is 18.2 Å². The molecule has 0 aliphatic heterocycles. The lowest BCUT2D eigenvalue weighted by atomic mass is 10.1. The molecule has 4 heteroatoms. The number of rotatable bonds is 6. The molecule has 0 spiro atoms. The Balaban J connectivity index is 1.85. The number of aliphatic hydroxyl groups is 1. The van der Waals surface area contributed by atoms with Gasteiger partial charge in [-0.1, -0.05) is 12.1 Å². The number of amides is 1. The van der Waals surface area contributed by atoms with Crippen LogP contribution in [0.2, 0.25) is 0 Å². The Morgan fingerprint density at radius 3 is 2.67 bits per heavy atom. The monoisotopic (exact) mass is 249 g/mol. The molecule has 2 N–H and O–H groups in total. The van der Waals surface area contributed by atoms with Crippen molar-refractivity contribution in [2.24, 2.45) is 0 Å². The fraction of sp³-hybridized carbons (Fsp3) is 0.500. The van der Waals surface area contributed by atoms with Gasteiger partial charge in [-0.05, 0) is 43.9 Å². The van der Waals surface area contributed by atoms with E-state index >= 15 is 0 Å². The van der Waals surface area contributed by atoms with Crippen molar-refractivity contribution in [1.29, 1.82) is 0 Å². The minimum Gasteiger partial charge on any atom is -0.481 e. The van der Waals surface area contributed by atoms with E-state index in [-0.39, 0.29) is 12.5 Å². The molecule has 1 unspecified atom stereocenters. The van der Waals surface area contributed by atoms with Gasteiger partial charge in [-0.2, -0.15) is 0 Å². The normalized spacial score (nSPS) is 16.1. The molecule has 0 aromatic heterocycles. The number of ether oxygens (including phenoxy) is 1. The Kier molecular flexibility index (Phi) is 4.20. The third-order valence-corrected chi connectivity index (χ3v) is 2.93. The SMILES string of the molecule is CC(Oc1ccc(CCO)cc1)C(=O)NC1CC1. The van der Waals surface area contributed by atoms with Crippen molar-refractivity contribution in [1.82, 2.24) is 5.32 Å². The predicted molar refractivity (Wildman–Crippen MR) is 68.5 cm³/mol. The second kappa shape index (κ2) is 5.87. The van der Waals surface area contributed by atoms with Crippen molar-refractivity contribution in [3.05, 3.63) is 29.8 Å². The van der Waals surface area contributed by atoms with E-state index in [1.165, 1.54) is 0 Å². The van der Waals surface area contributed by atoms with Crippen molar-refractivity contribution < 1.29 is 14.6 Å². The van der Waals surface area contributed by atoms with Gasteiger partial charge in [0.1, 0.15) is 5.75 Å². The lowest BCUT2D eigenvalue weighted by Crippen LogP contribution is -2.37. The highest BCUT2D eigenvalue weighted by Gasteiger charge is 2.26. The first-order valence-electron chi connectivity index (χ1n) is 6.36. The van der Waals surface area contributed by atoms with E-state index < -0.39 is 6.10 Å². The topological polar surface area (TPSA) is 58.6 Å². The summed E-state index contributed by atoms with van der Waals surface area (Å²) in [6.45, 7) is 1.89. The van der Waals surface area contributed by atoms with Crippen LogP contribution in [-0.4, -0.2) is 29.8 Å². The summed E-state index contributed by atoms with van der Waals surface area (Å²) in [7, 11) is 0. The molecule has 1 aliphatic carbocycles. The van der Waals surface area contributed by atoms with E-state index in [1.807, 2.05) is 24.3 Å². The second-order valence-electron chi connectivity index (χ2n) is 4.66. The van der Waals surface area contributed by atoms with Gasteiger partial charge in [0.15, 0.2) is 6.10 Å². The van der Waals surface area contributed by atoms with Crippen LogP contribution in [0, 0.1) is 0 Å². The number of aliphatic hydroxyl groups excluding tert-OH is 1. The van der Waals surface area contributed by atoms with E-state index in [4.69, 9.17) is 9.84 Å². The molecule has 0 bridgehead atoms. The highest BCUT2D eigenvalue weighted by Crippen LogP contribution is 2.19. The zero-order valence-electron chi connectivity index (χ0n) is 10.6. The minimum atomic E-state index is -0.478.